The lowest BCUT2D eigenvalue weighted by Crippen LogP contribution is -2.61. The van der Waals surface area contributed by atoms with E-state index in [9.17, 15) is 9.50 Å². The molecule has 2 unspecified atom stereocenters. The monoisotopic (exact) mass is 395 g/mol. The Labute approximate surface area is 167 Å². The van der Waals surface area contributed by atoms with Gasteiger partial charge in [-0.15, -0.1) is 10.2 Å². The number of piperidine rings is 2. The molecule has 2 saturated heterocycles. The normalized spacial score (nSPS) is 26.6. The molecule has 29 heavy (non-hydrogen) atoms. The largest absolute Gasteiger partial charge is 0.507 e. The number of imidazole rings is 1. The maximum Gasteiger partial charge on any atom is 0.233 e. The minimum absolute atomic E-state index is 0.0804. The van der Waals surface area contributed by atoms with Gasteiger partial charge in [-0.2, -0.15) is 0 Å². The van der Waals surface area contributed by atoms with Gasteiger partial charge in [-0.05, 0) is 38.1 Å². The summed E-state index contributed by atoms with van der Waals surface area (Å²) in [4.78, 5) is 6.09. The second kappa shape index (κ2) is 7.11. The van der Waals surface area contributed by atoms with Gasteiger partial charge in [-0.25, -0.2) is 9.37 Å². The fourth-order valence-electron chi connectivity index (χ4n) is 4.49. The van der Waals surface area contributed by atoms with E-state index in [1.807, 2.05) is 13.1 Å². The number of halogens is 1. The summed E-state index contributed by atoms with van der Waals surface area (Å²) in [6, 6.07) is 8.63. The Hall–Kier alpha value is -3.00. The van der Waals surface area contributed by atoms with E-state index in [1.54, 1.807) is 47.6 Å². The number of ether oxygens (including phenoxy) is 1. The summed E-state index contributed by atoms with van der Waals surface area (Å²) in [6.07, 6.45) is 5.49. The van der Waals surface area contributed by atoms with E-state index >= 15 is 0 Å². The maximum atomic E-state index is 14.8. The first-order chi connectivity index (χ1) is 14.1. The van der Waals surface area contributed by atoms with Gasteiger partial charge in [0.15, 0.2) is 6.17 Å². The second-order valence-corrected chi connectivity index (χ2v) is 7.80. The van der Waals surface area contributed by atoms with Gasteiger partial charge in [-0.3, -0.25) is 4.90 Å². The van der Waals surface area contributed by atoms with Crippen molar-refractivity contribution in [1.29, 1.82) is 0 Å². The van der Waals surface area contributed by atoms with Gasteiger partial charge in [0.25, 0.3) is 0 Å². The van der Waals surface area contributed by atoms with E-state index in [1.165, 1.54) is 0 Å². The Morgan fingerprint density at radius 2 is 2.07 bits per heavy atom. The molecular weight excluding hydrogens is 373 g/mol. The van der Waals surface area contributed by atoms with Crippen LogP contribution >= 0.6 is 0 Å². The van der Waals surface area contributed by atoms with Gasteiger partial charge in [0, 0.05) is 48.6 Å². The van der Waals surface area contributed by atoms with Crippen LogP contribution in [0, 0.1) is 5.92 Å². The number of phenols is 1. The molecule has 1 aromatic carbocycles. The Morgan fingerprint density at radius 3 is 2.72 bits per heavy atom. The third-order valence-electron chi connectivity index (χ3n) is 6.02. The molecule has 0 radical (unpaired) electrons. The van der Waals surface area contributed by atoms with Crippen LogP contribution in [-0.4, -0.2) is 61.7 Å². The van der Waals surface area contributed by atoms with Crippen LogP contribution in [0.2, 0.25) is 0 Å². The Balaban J connectivity index is 1.33. The SMILES string of the molecule is CN1CC2CCC1[C@@H](F)[C@@H]2Oc1ccc(-c2ccc(-n3ccnc3)cc2O)nn1. The molecule has 2 aromatic heterocycles. The minimum atomic E-state index is -1.02. The van der Waals surface area contributed by atoms with Crippen molar-refractivity contribution in [3.05, 3.63) is 49.1 Å². The summed E-state index contributed by atoms with van der Waals surface area (Å²) in [7, 11) is 1.97. The van der Waals surface area contributed by atoms with Crippen LogP contribution in [0.25, 0.3) is 16.9 Å². The summed E-state index contributed by atoms with van der Waals surface area (Å²) in [6.45, 7) is 0.846. The van der Waals surface area contributed by atoms with Crippen LogP contribution in [-0.2, 0) is 0 Å². The molecule has 3 fully saturated rings. The number of nitrogens with zero attached hydrogens (tertiary/aromatic N) is 5. The molecule has 4 heterocycles. The van der Waals surface area contributed by atoms with E-state index in [-0.39, 0.29) is 17.7 Å². The minimum Gasteiger partial charge on any atom is -0.507 e. The molecule has 2 aliphatic heterocycles. The van der Waals surface area contributed by atoms with Crippen molar-refractivity contribution in [2.75, 3.05) is 13.6 Å². The number of benzene rings is 1. The van der Waals surface area contributed by atoms with E-state index in [0.29, 0.717) is 17.1 Å². The maximum absolute atomic E-state index is 14.8. The van der Waals surface area contributed by atoms with Gasteiger partial charge in [0.05, 0.1) is 17.7 Å². The molecule has 1 N–H and O–H groups in total. The summed E-state index contributed by atoms with van der Waals surface area (Å²) in [5, 5.41) is 18.7. The lowest BCUT2D eigenvalue weighted by atomic mass is 9.76. The van der Waals surface area contributed by atoms with Gasteiger partial charge in [0.2, 0.25) is 5.88 Å². The van der Waals surface area contributed by atoms with Crippen molar-refractivity contribution in [2.45, 2.75) is 31.2 Å². The fourth-order valence-corrected chi connectivity index (χ4v) is 4.49. The van der Waals surface area contributed by atoms with Crippen molar-refractivity contribution in [1.82, 2.24) is 24.6 Å². The number of hydrogen-bond donors (Lipinski definition) is 1. The molecule has 7 nitrogen and oxygen atoms in total. The van der Waals surface area contributed by atoms with Gasteiger partial charge in [0.1, 0.15) is 11.9 Å². The number of alkyl halides is 1. The van der Waals surface area contributed by atoms with E-state index in [0.717, 1.165) is 25.1 Å². The van der Waals surface area contributed by atoms with Crippen LogP contribution < -0.4 is 4.74 Å². The highest BCUT2D eigenvalue weighted by atomic mass is 19.1. The zero-order valence-corrected chi connectivity index (χ0v) is 16.0. The molecule has 150 valence electrons. The van der Waals surface area contributed by atoms with Gasteiger partial charge < -0.3 is 14.4 Å². The number of rotatable bonds is 4. The number of fused-ring (bicyclic) bond motifs is 3. The van der Waals surface area contributed by atoms with Crippen LogP contribution in [0.5, 0.6) is 11.6 Å². The van der Waals surface area contributed by atoms with Crippen molar-refractivity contribution < 1.29 is 14.2 Å². The predicted molar refractivity (Wildman–Crippen MR) is 105 cm³/mol. The van der Waals surface area contributed by atoms with Crippen LogP contribution in [0.15, 0.2) is 49.1 Å². The highest BCUT2D eigenvalue weighted by Crippen LogP contribution is 2.38. The fraction of sp³-hybridized carbons (Fsp3) is 0.381. The molecule has 6 rings (SSSR count). The molecule has 3 aromatic rings. The Kier molecular flexibility index (Phi) is 4.43. The summed E-state index contributed by atoms with van der Waals surface area (Å²) in [5.41, 5.74) is 1.88. The lowest BCUT2D eigenvalue weighted by Gasteiger charge is -2.49. The summed E-state index contributed by atoms with van der Waals surface area (Å²) < 4.78 is 22.5. The lowest BCUT2D eigenvalue weighted by molar-refractivity contribution is -0.0891. The van der Waals surface area contributed by atoms with Crippen LogP contribution in [0.1, 0.15) is 12.8 Å². The van der Waals surface area contributed by atoms with Gasteiger partial charge >= 0.3 is 0 Å². The summed E-state index contributed by atoms with van der Waals surface area (Å²) >= 11 is 0. The van der Waals surface area contributed by atoms with Crippen molar-refractivity contribution >= 4 is 0 Å². The third-order valence-corrected chi connectivity index (χ3v) is 6.02. The average Bonchev–Trinajstić information content (AvgIpc) is 3.26. The zero-order chi connectivity index (χ0) is 20.0. The topological polar surface area (TPSA) is 76.3 Å². The van der Waals surface area contributed by atoms with Crippen molar-refractivity contribution in [3.8, 4) is 28.6 Å². The summed E-state index contributed by atoms with van der Waals surface area (Å²) in [5.74, 6) is 0.572. The number of hydrogen-bond acceptors (Lipinski definition) is 6. The predicted octanol–water partition coefficient (Wildman–Crippen LogP) is 2.84. The molecular formula is C21H22FN5O2. The first-order valence-electron chi connectivity index (χ1n) is 9.76. The first-order valence-corrected chi connectivity index (χ1v) is 9.76. The van der Waals surface area contributed by atoms with Crippen molar-refractivity contribution in [3.63, 3.8) is 0 Å². The number of aromatic hydroxyl groups is 1. The molecule has 0 spiro atoms. The molecule has 1 aliphatic carbocycles. The molecule has 1 saturated carbocycles. The van der Waals surface area contributed by atoms with Gasteiger partial charge in [-0.1, -0.05) is 0 Å². The highest BCUT2D eigenvalue weighted by molar-refractivity contribution is 5.68. The van der Waals surface area contributed by atoms with Crippen LogP contribution in [0.4, 0.5) is 4.39 Å². The molecule has 2 bridgehead atoms. The van der Waals surface area contributed by atoms with Crippen molar-refractivity contribution in [2.24, 2.45) is 5.92 Å². The molecule has 3 aliphatic rings. The average molecular weight is 395 g/mol. The first kappa shape index (κ1) is 18.1. The Morgan fingerprint density at radius 1 is 1.17 bits per heavy atom. The van der Waals surface area contributed by atoms with E-state index in [2.05, 4.69) is 20.1 Å². The third kappa shape index (κ3) is 3.23. The Bertz CT molecular complexity index is 993. The smallest absolute Gasteiger partial charge is 0.233 e. The van der Waals surface area contributed by atoms with E-state index < -0.39 is 12.3 Å². The molecule has 4 atom stereocenters. The molecule has 8 heteroatoms. The number of aromatic nitrogens is 4. The highest BCUT2D eigenvalue weighted by Gasteiger charge is 2.48. The van der Waals surface area contributed by atoms with E-state index in [4.69, 9.17) is 4.74 Å². The molecule has 0 amide bonds. The number of phenolic OH excluding ortho intramolecular Hbond substituents is 1. The standard InChI is InChI=1S/C21H22FN5O2/c1-26-11-13-2-6-17(26)20(22)21(13)29-19-7-5-16(24-25-19)15-4-3-14(10-18(15)28)27-9-8-23-12-27/h3-5,7-10,12-13,17,20-21,28H,2,6,11H2,1H3/t13?,17?,20-,21-/m1/s1. The zero-order valence-electron chi connectivity index (χ0n) is 16.0. The quantitative estimate of drug-likeness (QED) is 0.732. The second-order valence-electron chi connectivity index (χ2n) is 7.80. The van der Waals surface area contributed by atoms with Crippen LogP contribution in [0.3, 0.4) is 0 Å².